The molecule has 0 aliphatic carbocycles. The van der Waals surface area contributed by atoms with Crippen molar-refractivity contribution in [3.8, 4) is 22.5 Å². The van der Waals surface area contributed by atoms with Gasteiger partial charge in [-0.05, 0) is 24.3 Å². The van der Waals surface area contributed by atoms with E-state index in [1.807, 2.05) is 60.7 Å². The van der Waals surface area contributed by atoms with E-state index in [0.717, 1.165) is 22.5 Å². The first-order valence-electron chi connectivity index (χ1n) is 8.48. The molecule has 0 saturated heterocycles. The number of nitrogens with zero attached hydrogens (tertiary/aromatic N) is 1. The summed E-state index contributed by atoms with van der Waals surface area (Å²) in [7, 11) is 0. The quantitative estimate of drug-likeness (QED) is 0.485. The number of benzene rings is 3. The summed E-state index contributed by atoms with van der Waals surface area (Å²) in [4.78, 5) is 20.4. The van der Waals surface area contributed by atoms with Gasteiger partial charge in [0.15, 0.2) is 5.82 Å². The Bertz CT molecular complexity index is 1000. The molecule has 3 aromatic carbocycles. The standard InChI is InChI=1S/C22H16ClN3O/c23-17-11-13-18(14-12-17)24-22(27)21-25-19(15-7-3-1-4-8-15)20(26-21)16-9-5-2-6-10-16/h1-14H,(H,24,27)(H,25,26). The predicted molar refractivity (Wildman–Crippen MR) is 109 cm³/mol. The Hall–Kier alpha value is -3.37. The molecule has 0 unspecified atom stereocenters. The Labute approximate surface area is 161 Å². The van der Waals surface area contributed by atoms with E-state index in [1.54, 1.807) is 24.3 Å². The van der Waals surface area contributed by atoms with Gasteiger partial charge in [-0.25, -0.2) is 4.98 Å². The number of hydrogen-bond acceptors (Lipinski definition) is 2. The highest BCUT2D eigenvalue weighted by molar-refractivity contribution is 6.30. The van der Waals surface area contributed by atoms with Gasteiger partial charge in [-0.3, -0.25) is 4.79 Å². The largest absolute Gasteiger partial charge is 0.333 e. The van der Waals surface area contributed by atoms with Gasteiger partial charge in [0.1, 0.15) is 0 Å². The van der Waals surface area contributed by atoms with Gasteiger partial charge in [-0.1, -0.05) is 72.3 Å². The Kier molecular flexibility index (Phi) is 4.73. The first kappa shape index (κ1) is 17.1. The van der Waals surface area contributed by atoms with Gasteiger partial charge in [0.05, 0.1) is 11.4 Å². The van der Waals surface area contributed by atoms with Gasteiger partial charge in [-0.15, -0.1) is 0 Å². The number of nitrogens with one attached hydrogen (secondary N) is 2. The second-order valence-corrected chi connectivity index (χ2v) is 6.44. The number of aromatic nitrogens is 2. The lowest BCUT2D eigenvalue weighted by molar-refractivity contribution is 0.101. The Morgan fingerprint density at radius 1 is 0.815 bits per heavy atom. The molecule has 0 aliphatic rings. The Morgan fingerprint density at radius 3 is 2.04 bits per heavy atom. The fraction of sp³-hybridized carbons (Fsp3) is 0. The second-order valence-electron chi connectivity index (χ2n) is 6.00. The molecule has 1 amide bonds. The van der Waals surface area contributed by atoms with Crippen LogP contribution >= 0.6 is 11.6 Å². The minimum absolute atomic E-state index is 0.252. The van der Waals surface area contributed by atoms with Crippen LogP contribution in [0.5, 0.6) is 0 Å². The van der Waals surface area contributed by atoms with Crippen molar-refractivity contribution in [2.24, 2.45) is 0 Å². The highest BCUT2D eigenvalue weighted by atomic mass is 35.5. The second kappa shape index (κ2) is 7.48. The molecule has 0 saturated carbocycles. The third-order valence-corrected chi connectivity index (χ3v) is 4.38. The van der Waals surface area contributed by atoms with Crippen LogP contribution in [0, 0.1) is 0 Å². The van der Waals surface area contributed by atoms with Crippen LogP contribution in [-0.4, -0.2) is 15.9 Å². The van der Waals surface area contributed by atoms with Crippen LogP contribution in [0.2, 0.25) is 5.02 Å². The molecule has 27 heavy (non-hydrogen) atoms. The van der Waals surface area contributed by atoms with Crippen molar-refractivity contribution >= 4 is 23.2 Å². The number of carbonyl (C=O) groups is 1. The van der Waals surface area contributed by atoms with Crippen LogP contribution in [0.1, 0.15) is 10.6 Å². The van der Waals surface area contributed by atoms with Gasteiger partial charge in [-0.2, -0.15) is 0 Å². The smallest absolute Gasteiger partial charge is 0.291 e. The highest BCUT2D eigenvalue weighted by Gasteiger charge is 2.18. The lowest BCUT2D eigenvalue weighted by Gasteiger charge is -2.03. The number of carbonyl (C=O) groups excluding carboxylic acids is 1. The Balaban J connectivity index is 1.72. The van der Waals surface area contributed by atoms with E-state index in [1.165, 1.54) is 0 Å². The van der Waals surface area contributed by atoms with Crippen molar-refractivity contribution in [2.75, 3.05) is 5.32 Å². The molecule has 1 aromatic heterocycles. The van der Waals surface area contributed by atoms with Crippen molar-refractivity contribution in [3.63, 3.8) is 0 Å². The van der Waals surface area contributed by atoms with Crippen LogP contribution in [0.25, 0.3) is 22.5 Å². The summed E-state index contributed by atoms with van der Waals surface area (Å²) in [6.45, 7) is 0. The summed E-state index contributed by atoms with van der Waals surface area (Å²) in [6, 6.07) is 26.6. The number of halogens is 1. The molecule has 132 valence electrons. The summed E-state index contributed by atoms with van der Waals surface area (Å²) in [6.07, 6.45) is 0. The number of hydrogen-bond donors (Lipinski definition) is 2. The van der Waals surface area contributed by atoms with Gasteiger partial charge in [0.25, 0.3) is 5.91 Å². The van der Waals surface area contributed by atoms with Crippen LogP contribution in [0.15, 0.2) is 84.9 Å². The predicted octanol–water partition coefficient (Wildman–Crippen LogP) is 5.65. The van der Waals surface area contributed by atoms with E-state index in [4.69, 9.17) is 11.6 Å². The third-order valence-electron chi connectivity index (χ3n) is 4.13. The minimum Gasteiger partial charge on any atom is -0.333 e. The van der Waals surface area contributed by atoms with Crippen LogP contribution in [0.3, 0.4) is 0 Å². The van der Waals surface area contributed by atoms with E-state index in [-0.39, 0.29) is 11.7 Å². The van der Waals surface area contributed by atoms with Gasteiger partial charge >= 0.3 is 0 Å². The molecular formula is C22H16ClN3O. The molecule has 0 radical (unpaired) electrons. The zero-order valence-electron chi connectivity index (χ0n) is 14.3. The van der Waals surface area contributed by atoms with Crippen molar-refractivity contribution in [3.05, 3.63) is 95.8 Å². The fourth-order valence-electron chi connectivity index (χ4n) is 2.82. The topological polar surface area (TPSA) is 57.8 Å². The van der Waals surface area contributed by atoms with Crippen LogP contribution in [-0.2, 0) is 0 Å². The number of amides is 1. The molecule has 4 aromatic rings. The number of aromatic amines is 1. The molecule has 0 spiro atoms. The van der Waals surface area contributed by atoms with E-state index in [2.05, 4.69) is 15.3 Å². The van der Waals surface area contributed by atoms with Crippen molar-refractivity contribution < 1.29 is 4.79 Å². The molecule has 5 heteroatoms. The molecule has 1 heterocycles. The minimum atomic E-state index is -0.309. The van der Waals surface area contributed by atoms with Crippen molar-refractivity contribution in [1.29, 1.82) is 0 Å². The lowest BCUT2D eigenvalue weighted by Crippen LogP contribution is -2.13. The molecular weight excluding hydrogens is 358 g/mol. The molecule has 2 N–H and O–H groups in total. The maximum atomic E-state index is 12.7. The summed E-state index contributed by atoms with van der Waals surface area (Å²) >= 11 is 5.89. The Morgan fingerprint density at radius 2 is 1.41 bits per heavy atom. The first-order chi connectivity index (χ1) is 13.2. The first-order valence-corrected chi connectivity index (χ1v) is 8.86. The van der Waals surface area contributed by atoms with E-state index >= 15 is 0 Å². The number of H-pyrrole nitrogens is 1. The third kappa shape index (κ3) is 3.76. The highest BCUT2D eigenvalue weighted by Crippen LogP contribution is 2.30. The molecule has 0 fully saturated rings. The zero-order valence-corrected chi connectivity index (χ0v) is 15.1. The van der Waals surface area contributed by atoms with Crippen LogP contribution in [0.4, 0.5) is 5.69 Å². The summed E-state index contributed by atoms with van der Waals surface area (Å²) < 4.78 is 0. The maximum Gasteiger partial charge on any atom is 0.291 e. The molecule has 0 atom stereocenters. The number of imidazole rings is 1. The molecule has 4 nitrogen and oxygen atoms in total. The van der Waals surface area contributed by atoms with Gasteiger partial charge in [0, 0.05) is 21.8 Å². The summed E-state index contributed by atoms with van der Waals surface area (Å²) in [5, 5.41) is 3.45. The monoisotopic (exact) mass is 373 g/mol. The normalized spacial score (nSPS) is 10.6. The van der Waals surface area contributed by atoms with Crippen molar-refractivity contribution in [1.82, 2.24) is 9.97 Å². The summed E-state index contributed by atoms with van der Waals surface area (Å²) in [5.74, 6) is -0.0562. The SMILES string of the molecule is O=C(Nc1ccc(Cl)cc1)c1nc(-c2ccccc2)c(-c2ccccc2)[nH]1. The molecule has 0 bridgehead atoms. The number of anilines is 1. The van der Waals surface area contributed by atoms with Gasteiger partial charge in [0.2, 0.25) is 0 Å². The van der Waals surface area contributed by atoms with Crippen molar-refractivity contribution in [2.45, 2.75) is 0 Å². The molecule has 4 rings (SSSR count). The van der Waals surface area contributed by atoms with E-state index < -0.39 is 0 Å². The van der Waals surface area contributed by atoms with Gasteiger partial charge < -0.3 is 10.3 Å². The lowest BCUT2D eigenvalue weighted by atomic mass is 10.1. The van der Waals surface area contributed by atoms with Crippen LogP contribution < -0.4 is 5.32 Å². The summed E-state index contributed by atoms with van der Waals surface area (Å²) in [5.41, 5.74) is 4.11. The fourth-order valence-corrected chi connectivity index (χ4v) is 2.95. The van der Waals surface area contributed by atoms with E-state index in [9.17, 15) is 4.79 Å². The number of rotatable bonds is 4. The average Bonchev–Trinajstić information content (AvgIpc) is 3.17. The zero-order chi connectivity index (χ0) is 18.6. The maximum absolute atomic E-state index is 12.7. The average molecular weight is 374 g/mol. The van der Waals surface area contributed by atoms with E-state index in [0.29, 0.717) is 10.7 Å². The molecule has 0 aliphatic heterocycles.